The fourth-order valence-corrected chi connectivity index (χ4v) is 12.0. The van der Waals surface area contributed by atoms with Crippen molar-refractivity contribution in [3.8, 4) is 0 Å². The average molecular weight is 1050 g/mol. The molecule has 0 aliphatic carbocycles. The molecule has 61 heavy (non-hydrogen) atoms. The van der Waals surface area contributed by atoms with Crippen LogP contribution in [0.3, 0.4) is 0 Å². The van der Waals surface area contributed by atoms with Crippen molar-refractivity contribution >= 4 is 42.0 Å². The zero-order valence-corrected chi connectivity index (χ0v) is 45.2. The Bertz CT molecular complexity index is 910. The van der Waals surface area contributed by atoms with Crippen molar-refractivity contribution in [2.24, 2.45) is 0 Å². The van der Waals surface area contributed by atoms with Crippen LogP contribution < -0.4 is 0 Å². The number of hydrogen-bond acceptors (Lipinski definition) is 6. The van der Waals surface area contributed by atoms with Crippen LogP contribution in [-0.2, 0) is 22.4 Å². The fourth-order valence-electron chi connectivity index (χ4n) is 7.59. The van der Waals surface area contributed by atoms with Gasteiger partial charge in [0.1, 0.15) is 0 Å². The zero-order valence-electron chi connectivity index (χ0n) is 40.7. The van der Waals surface area contributed by atoms with Crippen LogP contribution >= 0.6 is 0 Å². The van der Waals surface area contributed by atoms with Gasteiger partial charge in [0.25, 0.3) is 0 Å². The molecule has 0 heterocycles. The summed E-state index contributed by atoms with van der Waals surface area (Å²) in [7, 11) is 0. The van der Waals surface area contributed by atoms with Gasteiger partial charge in [0.2, 0.25) is 0 Å². The molecule has 0 aromatic rings. The van der Waals surface area contributed by atoms with Crippen molar-refractivity contribution in [1.29, 1.82) is 0 Å². The van der Waals surface area contributed by atoms with Gasteiger partial charge in [-0.05, 0) is 19.3 Å². The SMILES string of the molecule is CCCCCCCC/C=C\CCCCCCCC(=O)[O][Tl]([O]C(=O)CCCCCCC/C=C\CCCCCCCC)[O]C(=O)CCCCCCC/C=C\CCCCCCCC. The second-order valence-electron chi connectivity index (χ2n) is 17.8. The molecule has 6 nitrogen and oxygen atoms in total. The second kappa shape index (κ2) is 51.2. The first-order valence-electron chi connectivity index (χ1n) is 26.6. The molecular weight excluding hydrogens is 949 g/mol. The Balaban J connectivity index is 4.42. The van der Waals surface area contributed by atoms with Crippen molar-refractivity contribution in [1.82, 2.24) is 0 Å². The standard InChI is InChI=1S/3C18H34O2.Tl/c3*1-2-3-4-5-6-7-8-9-10-11-12-13-14-15-16-17-18(19)20;/h3*9-10H,2-8,11-17H2,1H3,(H,19,20);/q;;;+3/p-3/b3*10-9-;. The first-order valence-corrected chi connectivity index (χ1v) is 32.1. The van der Waals surface area contributed by atoms with Gasteiger partial charge in [-0.15, -0.1) is 0 Å². The third-order valence-electron chi connectivity index (χ3n) is 11.6. The quantitative estimate of drug-likeness (QED) is 0.0343. The van der Waals surface area contributed by atoms with Gasteiger partial charge in [-0.1, -0.05) is 117 Å². The van der Waals surface area contributed by atoms with Gasteiger partial charge in [0.05, 0.1) is 0 Å². The Hall–Kier alpha value is -1.45. The van der Waals surface area contributed by atoms with Crippen molar-refractivity contribution in [3.63, 3.8) is 0 Å². The Labute approximate surface area is 389 Å². The maximum absolute atomic E-state index is 12.8. The molecule has 0 N–H and O–H groups in total. The molecule has 0 spiro atoms. The average Bonchev–Trinajstić information content (AvgIpc) is 3.25. The summed E-state index contributed by atoms with van der Waals surface area (Å²) in [6.45, 7) is 6.78. The molecule has 0 aromatic carbocycles. The third-order valence-corrected chi connectivity index (χ3v) is 16.9. The summed E-state index contributed by atoms with van der Waals surface area (Å²) in [4.78, 5) is 38.4. The molecule has 0 atom stereocenters. The van der Waals surface area contributed by atoms with E-state index in [9.17, 15) is 14.4 Å². The second-order valence-corrected chi connectivity index (χ2v) is 22.8. The smallest absolute Gasteiger partial charge is 0.0654 e. The normalized spacial score (nSPS) is 11.7. The van der Waals surface area contributed by atoms with Gasteiger partial charge in [0.15, 0.2) is 0 Å². The van der Waals surface area contributed by atoms with E-state index in [-0.39, 0.29) is 19.3 Å². The Morgan fingerprint density at radius 3 is 0.672 bits per heavy atom. The van der Waals surface area contributed by atoms with Crippen LogP contribution in [0, 0.1) is 0 Å². The van der Waals surface area contributed by atoms with Crippen LogP contribution in [0.5, 0.6) is 0 Å². The summed E-state index contributed by atoms with van der Waals surface area (Å²) in [6, 6.07) is 0. The van der Waals surface area contributed by atoms with E-state index in [0.29, 0.717) is 0 Å². The van der Waals surface area contributed by atoms with Crippen LogP contribution in [-0.4, -0.2) is 42.0 Å². The molecule has 0 aliphatic heterocycles. The van der Waals surface area contributed by atoms with Crippen LogP contribution in [0.2, 0.25) is 0 Å². The molecule has 354 valence electrons. The number of carbonyl (C=O) groups excluding carboxylic acids is 3. The topological polar surface area (TPSA) is 78.9 Å². The summed E-state index contributed by atoms with van der Waals surface area (Å²) >= 11 is -4.25. The summed E-state index contributed by atoms with van der Waals surface area (Å²) in [5.74, 6) is -1.19. The van der Waals surface area contributed by atoms with Gasteiger partial charge >= 0.3 is 255 Å². The molecule has 0 unspecified atom stereocenters. The number of hydrogen-bond donors (Lipinski definition) is 0. The van der Waals surface area contributed by atoms with E-state index in [1.165, 1.54) is 154 Å². The minimum Gasteiger partial charge on any atom is -0.0654 e. The maximum atomic E-state index is 12.8. The molecule has 7 heteroatoms. The van der Waals surface area contributed by atoms with E-state index < -0.39 is 42.0 Å². The monoisotopic (exact) mass is 1050 g/mol. The van der Waals surface area contributed by atoms with Crippen LogP contribution in [0.1, 0.15) is 290 Å². The van der Waals surface area contributed by atoms with Crippen molar-refractivity contribution in [2.45, 2.75) is 290 Å². The van der Waals surface area contributed by atoms with Gasteiger partial charge < -0.3 is 0 Å². The van der Waals surface area contributed by atoms with Gasteiger partial charge in [-0.25, -0.2) is 0 Å². The number of allylic oxidation sites excluding steroid dienone is 6. The van der Waals surface area contributed by atoms with E-state index >= 15 is 0 Å². The molecule has 0 aliphatic rings. The van der Waals surface area contributed by atoms with E-state index in [1.807, 2.05) is 0 Å². The molecule has 0 amide bonds. The van der Waals surface area contributed by atoms with Gasteiger partial charge in [-0.2, -0.15) is 0 Å². The summed E-state index contributed by atoms with van der Waals surface area (Å²) in [5, 5.41) is 0. The summed E-state index contributed by atoms with van der Waals surface area (Å²) < 4.78 is 16.9. The molecule has 0 fully saturated rings. The third kappa shape index (κ3) is 49.4. The van der Waals surface area contributed by atoms with Crippen LogP contribution in [0.25, 0.3) is 0 Å². The molecule has 0 bridgehead atoms. The summed E-state index contributed by atoms with van der Waals surface area (Å²) in [6.07, 6.45) is 61.3. The number of rotatable bonds is 48. The van der Waals surface area contributed by atoms with Gasteiger partial charge in [-0.3, -0.25) is 0 Å². The molecule has 0 radical (unpaired) electrons. The molecule has 0 aromatic heterocycles. The molecule has 0 saturated heterocycles. The predicted molar refractivity (Wildman–Crippen MR) is 262 cm³/mol. The Kier molecular flexibility index (Phi) is 50.0. The Morgan fingerprint density at radius 1 is 0.279 bits per heavy atom. The van der Waals surface area contributed by atoms with Crippen LogP contribution in [0.4, 0.5) is 0 Å². The molecular formula is C54H99O6Tl. The predicted octanol–water partition coefficient (Wildman–Crippen LogP) is 17.7. The van der Waals surface area contributed by atoms with Crippen LogP contribution in [0.15, 0.2) is 36.5 Å². The van der Waals surface area contributed by atoms with E-state index in [0.717, 1.165) is 96.3 Å². The Morgan fingerprint density at radius 2 is 0.459 bits per heavy atom. The van der Waals surface area contributed by atoms with E-state index in [1.54, 1.807) is 0 Å². The van der Waals surface area contributed by atoms with Crippen molar-refractivity contribution < 1.29 is 22.4 Å². The minimum absolute atomic E-state index is 0.270. The van der Waals surface area contributed by atoms with Gasteiger partial charge in [0, 0.05) is 0 Å². The van der Waals surface area contributed by atoms with Crippen molar-refractivity contribution in [2.75, 3.05) is 0 Å². The summed E-state index contributed by atoms with van der Waals surface area (Å²) in [5.41, 5.74) is 0. The fraction of sp³-hybridized carbons (Fsp3) is 0.833. The number of carbonyl (C=O) groups is 3. The number of unbranched alkanes of at least 4 members (excludes halogenated alkanes) is 33. The van der Waals surface area contributed by atoms with E-state index in [4.69, 9.17) is 8.06 Å². The first-order chi connectivity index (χ1) is 30.0. The van der Waals surface area contributed by atoms with E-state index in [2.05, 4.69) is 57.2 Å². The van der Waals surface area contributed by atoms with Crippen molar-refractivity contribution in [3.05, 3.63) is 36.5 Å². The first kappa shape index (κ1) is 59.6. The molecule has 0 saturated carbocycles. The minimum atomic E-state index is -4.25. The zero-order chi connectivity index (χ0) is 44.4. The molecule has 0 rings (SSSR count).